The Morgan fingerprint density at radius 3 is 2.59 bits per heavy atom. The van der Waals surface area contributed by atoms with E-state index in [1.807, 2.05) is 55.1 Å². The van der Waals surface area contributed by atoms with Gasteiger partial charge in [0, 0.05) is 49.0 Å². The van der Waals surface area contributed by atoms with E-state index < -0.39 is 0 Å². The predicted octanol–water partition coefficient (Wildman–Crippen LogP) is 5.05. The number of urea groups is 1. The molecule has 2 heterocycles. The summed E-state index contributed by atoms with van der Waals surface area (Å²) >= 11 is 5.99. The molecule has 1 N–H and O–H groups in total. The number of carbonyl (C=O) groups is 1. The van der Waals surface area contributed by atoms with Crippen LogP contribution in [0.4, 0.5) is 10.5 Å². The van der Waals surface area contributed by atoms with E-state index in [2.05, 4.69) is 10.2 Å². The Balaban J connectivity index is 1.32. The van der Waals surface area contributed by atoms with E-state index in [1.54, 1.807) is 12.1 Å². The fourth-order valence-electron chi connectivity index (χ4n) is 3.65. The van der Waals surface area contributed by atoms with Gasteiger partial charge in [0.05, 0.1) is 12.3 Å². The number of piperazine rings is 1. The first-order valence-electron chi connectivity index (χ1n) is 10.7. The summed E-state index contributed by atoms with van der Waals surface area (Å²) in [4.78, 5) is 21.4. The monoisotopic (exact) mass is 454 g/mol. The first kappa shape index (κ1) is 22.2. The molecule has 0 aliphatic carbocycles. The van der Waals surface area contributed by atoms with Crippen LogP contribution in [0.15, 0.2) is 52.9 Å². The van der Waals surface area contributed by atoms with Gasteiger partial charge in [-0.15, -0.1) is 0 Å². The van der Waals surface area contributed by atoms with Gasteiger partial charge in [0.1, 0.15) is 11.5 Å². The van der Waals surface area contributed by atoms with Gasteiger partial charge in [0.25, 0.3) is 0 Å². The summed E-state index contributed by atoms with van der Waals surface area (Å²) in [5, 5.41) is 3.50. The zero-order valence-electron chi connectivity index (χ0n) is 18.3. The summed E-state index contributed by atoms with van der Waals surface area (Å²) in [5.74, 6) is 2.26. The second kappa shape index (κ2) is 10.1. The first-order valence-corrected chi connectivity index (χ1v) is 11.1. The Bertz CT molecular complexity index is 1060. The number of nitrogens with one attached hydrogen (secondary N) is 1. The van der Waals surface area contributed by atoms with Crippen molar-refractivity contribution in [2.45, 2.75) is 20.4 Å². The van der Waals surface area contributed by atoms with Crippen LogP contribution >= 0.6 is 11.6 Å². The van der Waals surface area contributed by atoms with Crippen LogP contribution < -0.4 is 10.1 Å². The third kappa shape index (κ3) is 5.41. The molecular formula is C24H27ClN4O3. The molecule has 3 aromatic rings. The van der Waals surface area contributed by atoms with Crippen molar-refractivity contribution in [2.24, 2.45) is 0 Å². The molecule has 32 heavy (non-hydrogen) atoms. The van der Waals surface area contributed by atoms with Gasteiger partial charge in [-0.05, 0) is 56.3 Å². The third-order valence-electron chi connectivity index (χ3n) is 5.41. The van der Waals surface area contributed by atoms with E-state index >= 15 is 0 Å². The van der Waals surface area contributed by atoms with Crippen LogP contribution in [0.1, 0.15) is 18.4 Å². The van der Waals surface area contributed by atoms with E-state index in [0.717, 1.165) is 35.9 Å². The second-order valence-electron chi connectivity index (χ2n) is 7.68. The van der Waals surface area contributed by atoms with Gasteiger partial charge in [-0.1, -0.05) is 17.7 Å². The third-order valence-corrected chi connectivity index (χ3v) is 5.65. The lowest BCUT2D eigenvalue weighted by atomic mass is 10.2. The standard InChI is InChI=1S/C24H27ClN4O3/c1-3-31-21-9-7-18(8-10-21)23-27-22(17(2)32-23)16-28-11-13-29(14-12-28)24(30)26-20-6-4-5-19(25)15-20/h4-10,15H,3,11-14,16H2,1-2H3,(H,26,30). The molecule has 4 rings (SSSR count). The quantitative estimate of drug-likeness (QED) is 0.564. The van der Waals surface area contributed by atoms with Gasteiger partial charge >= 0.3 is 6.03 Å². The van der Waals surface area contributed by atoms with Crippen LogP contribution in [0, 0.1) is 6.92 Å². The van der Waals surface area contributed by atoms with E-state index in [0.29, 0.717) is 42.8 Å². The van der Waals surface area contributed by atoms with Gasteiger partial charge in [-0.25, -0.2) is 9.78 Å². The van der Waals surface area contributed by atoms with Gasteiger partial charge in [0.2, 0.25) is 5.89 Å². The number of halogens is 1. The molecule has 2 aromatic carbocycles. The average Bonchev–Trinajstić information content (AvgIpc) is 3.15. The maximum Gasteiger partial charge on any atom is 0.321 e. The Morgan fingerprint density at radius 1 is 1.16 bits per heavy atom. The van der Waals surface area contributed by atoms with Crippen molar-refractivity contribution < 1.29 is 13.9 Å². The molecule has 1 aliphatic heterocycles. The number of aryl methyl sites for hydroxylation is 1. The Hall–Kier alpha value is -3.03. The molecule has 1 saturated heterocycles. The van der Waals surface area contributed by atoms with Gasteiger partial charge in [-0.2, -0.15) is 0 Å². The highest BCUT2D eigenvalue weighted by molar-refractivity contribution is 6.30. The van der Waals surface area contributed by atoms with Crippen LogP contribution in [-0.4, -0.2) is 53.6 Å². The smallest absolute Gasteiger partial charge is 0.321 e. The number of aromatic nitrogens is 1. The van der Waals surface area contributed by atoms with Crippen molar-refractivity contribution in [3.05, 3.63) is 65.0 Å². The van der Waals surface area contributed by atoms with Crippen molar-refractivity contribution in [1.82, 2.24) is 14.8 Å². The van der Waals surface area contributed by atoms with Crippen molar-refractivity contribution in [2.75, 3.05) is 38.1 Å². The summed E-state index contributed by atoms with van der Waals surface area (Å²) in [7, 11) is 0. The molecule has 0 spiro atoms. The highest BCUT2D eigenvalue weighted by Gasteiger charge is 2.23. The Morgan fingerprint density at radius 2 is 1.91 bits per heavy atom. The average molecular weight is 455 g/mol. The zero-order chi connectivity index (χ0) is 22.5. The van der Waals surface area contributed by atoms with Crippen LogP contribution in [0.2, 0.25) is 5.02 Å². The van der Waals surface area contributed by atoms with E-state index in [9.17, 15) is 4.79 Å². The lowest BCUT2D eigenvalue weighted by Gasteiger charge is -2.34. The normalized spacial score (nSPS) is 14.4. The molecule has 1 fully saturated rings. The fourth-order valence-corrected chi connectivity index (χ4v) is 3.84. The summed E-state index contributed by atoms with van der Waals surface area (Å²) in [5.41, 5.74) is 2.54. The van der Waals surface area contributed by atoms with Gasteiger partial charge < -0.3 is 19.4 Å². The summed E-state index contributed by atoms with van der Waals surface area (Å²) in [6.07, 6.45) is 0. The van der Waals surface area contributed by atoms with Crippen LogP contribution in [-0.2, 0) is 6.54 Å². The Kier molecular flexibility index (Phi) is 6.97. The molecule has 0 radical (unpaired) electrons. The largest absolute Gasteiger partial charge is 0.494 e. The Labute approximate surface area is 192 Å². The minimum Gasteiger partial charge on any atom is -0.494 e. The number of anilines is 1. The molecule has 168 valence electrons. The molecular weight excluding hydrogens is 428 g/mol. The lowest BCUT2D eigenvalue weighted by Crippen LogP contribution is -2.49. The second-order valence-corrected chi connectivity index (χ2v) is 8.12. The fraction of sp³-hybridized carbons (Fsp3) is 0.333. The number of nitrogens with zero attached hydrogens (tertiary/aromatic N) is 3. The van der Waals surface area contributed by atoms with Crippen LogP contribution in [0.3, 0.4) is 0 Å². The van der Waals surface area contributed by atoms with E-state index in [-0.39, 0.29) is 6.03 Å². The predicted molar refractivity (Wildman–Crippen MR) is 125 cm³/mol. The van der Waals surface area contributed by atoms with E-state index in [1.165, 1.54) is 0 Å². The highest BCUT2D eigenvalue weighted by atomic mass is 35.5. The van der Waals surface area contributed by atoms with Crippen LogP contribution in [0.5, 0.6) is 5.75 Å². The summed E-state index contributed by atoms with van der Waals surface area (Å²) in [6, 6.07) is 14.8. The molecule has 7 nitrogen and oxygen atoms in total. The number of hydrogen-bond acceptors (Lipinski definition) is 5. The summed E-state index contributed by atoms with van der Waals surface area (Å²) < 4.78 is 11.4. The van der Waals surface area contributed by atoms with E-state index in [4.69, 9.17) is 25.7 Å². The van der Waals surface area contributed by atoms with Gasteiger partial charge in [-0.3, -0.25) is 4.90 Å². The number of oxazole rings is 1. The minimum absolute atomic E-state index is 0.109. The molecule has 1 aliphatic rings. The first-order chi connectivity index (χ1) is 15.5. The number of hydrogen-bond donors (Lipinski definition) is 1. The lowest BCUT2D eigenvalue weighted by molar-refractivity contribution is 0.141. The topological polar surface area (TPSA) is 70.8 Å². The van der Waals surface area contributed by atoms with Crippen molar-refractivity contribution >= 4 is 23.3 Å². The molecule has 1 aromatic heterocycles. The molecule has 0 saturated carbocycles. The SMILES string of the molecule is CCOc1ccc(-c2nc(CN3CCN(C(=O)Nc4cccc(Cl)c4)CC3)c(C)o2)cc1. The number of rotatable bonds is 6. The van der Waals surface area contributed by atoms with Gasteiger partial charge in [0.15, 0.2) is 0 Å². The molecule has 0 atom stereocenters. The minimum atomic E-state index is -0.109. The molecule has 8 heteroatoms. The molecule has 0 bridgehead atoms. The zero-order valence-corrected chi connectivity index (χ0v) is 19.1. The maximum absolute atomic E-state index is 12.5. The number of amides is 2. The van der Waals surface area contributed by atoms with Crippen LogP contribution in [0.25, 0.3) is 11.5 Å². The maximum atomic E-state index is 12.5. The number of carbonyl (C=O) groups excluding carboxylic acids is 1. The molecule has 0 unspecified atom stereocenters. The van der Waals surface area contributed by atoms with Crippen molar-refractivity contribution in [3.8, 4) is 17.2 Å². The molecule has 2 amide bonds. The van der Waals surface area contributed by atoms with Crippen molar-refractivity contribution in [1.29, 1.82) is 0 Å². The highest BCUT2D eigenvalue weighted by Crippen LogP contribution is 2.25. The number of ether oxygens (including phenoxy) is 1. The number of benzene rings is 2. The van der Waals surface area contributed by atoms with Crippen molar-refractivity contribution in [3.63, 3.8) is 0 Å². The summed E-state index contributed by atoms with van der Waals surface area (Å²) in [6.45, 7) is 8.07.